The van der Waals surface area contributed by atoms with Gasteiger partial charge in [0.15, 0.2) is 11.5 Å². The zero-order chi connectivity index (χ0) is 36.4. The lowest BCUT2D eigenvalue weighted by Gasteiger charge is -2.21. The highest BCUT2D eigenvalue weighted by Crippen LogP contribution is 2.34. The SMILES string of the molecule is CC.CO.COc1cccc2[nH]c3ccccc3c12.COc1ccccc1OCCN(CCO)CCCOc1cccc2[nH]c3ccccc3c12. The maximum absolute atomic E-state index is 9.43. The number of aromatic amines is 2. The number of nitrogens with one attached hydrogen (secondary N) is 2. The van der Waals surface area contributed by atoms with E-state index >= 15 is 0 Å². The van der Waals surface area contributed by atoms with Crippen molar-refractivity contribution in [2.24, 2.45) is 0 Å². The molecular weight excluding hydrogens is 642 g/mol. The van der Waals surface area contributed by atoms with Crippen LogP contribution >= 0.6 is 0 Å². The number of methoxy groups -OCH3 is 2. The topological polar surface area (TPSA) is 112 Å². The van der Waals surface area contributed by atoms with Crippen LogP contribution in [0.3, 0.4) is 0 Å². The number of hydrogen-bond acceptors (Lipinski definition) is 7. The van der Waals surface area contributed by atoms with Crippen LogP contribution in [-0.2, 0) is 0 Å². The number of aliphatic hydroxyl groups excluding tert-OH is 2. The van der Waals surface area contributed by atoms with Gasteiger partial charge in [-0.1, -0.05) is 74.5 Å². The molecule has 7 rings (SSSR count). The van der Waals surface area contributed by atoms with Crippen LogP contribution in [0.15, 0.2) is 109 Å². The first-order valence-corrected chi connectivity index (χ1v) is 17.4. The Morgan fingerprint density at radius 3 is 1.57 bits per heavy atom. The third kappa shape index (κ3) is 9.73. The van der Waals surface area contributed by atoms with Crippen molar-refractivity contribution in [3.8, 4) is 23.0 Å². The van der Waals surface area contributed by atoms with E-state index in [4.69, 9.17) is 24.1 Å². The summed E-state index contributed by atoms with van der Waals surface area (Å²) in [5.74, 6) is 3.27. The number of H-pyrrole nitrogens is 2. The molecule has 0 saturated carbocycles. The van der Waals surface area contributed by atoms with Gasteiger partial charge in [-0.25, -0.2) is 0 Å². The average Bonchev–Trinajstić information content (AvgIpc) is 3.77. The van der Waals surface area contributed by atoms with Crippen molar-refractivity contribution >= 4 is 43.6 Å². The molecule has 0 saturated heterocycles. The highest BCUT2D eigenvalue weighted by atomic mass is 16.5. The summed E-state index contributed by atoms with van der Waals surface area (Å²) in [7, 11) is 4.34. The molecule has 0 aliphatic rings. The first kappa shape index (κ1) is 38.6. The van der Waals surface area contributed by atoms with Gasteiger partial charge >= 0.3 is 0 Å². The molecule has 0 bridgehead atoms. The Balaban J connectivity index is 0.000000254. The molecule has 0 aliphatic heterocycles. The number of hydrogen-bond donors (Lipinski definition) is 4. The van der Waals surface area contributed by atoms with E-state index in [1.54, 1.807) is 14.2 Å². The Labute approximate surface area is 300 Å². The number of aromatic nitrogens is 2. The fraction of sp³-hybridized carbons (Fsp3) is 0.286. The molecule has 9 heteroatoms. The van der Waals surface area contributed by atoms with Crippen LogP contribution in [-0.4, -0.2) is 85.9 Å². The Hall–Kier alpha value is -5.22. The second-order valence-corrected chi connectivity index (χ2v) is 11.2. The lowest BCUT2D eigenvalue weighted by atomic mass is 10.1. The largest absolute Gasteiger partial charge is 0.496 e. The molecule has 2 aromatic heterocycles. The third-order valence-electron chi connectivity index (χ3n) is 8.23. The van der Waals surface area contributed by atoms with Gasteiger partial charge < -0.3 is 39.1 Å². The highest BCUT2D eigenvalue weighted by molar-refractivity contribution is 6.11. The molecule has 0 aliphatic carbocycles. The average molecular weight is 694 g/mol. The van der Waals surface area contributed by atoms with Crippen molar-refractivity contribution in [2.45, 2.75) is 20.3 Å². The lowest BCUT2D eigenvalue weighted by Crippen LogP contribution is -2.32. The summed E-state index contributed by atoms with van der Waals surface area (Å²) in [6, 6.07) is 36.3. The van der Waals surface area contributed by atoms with Gasteiger partial charge in [-0.3, -0.25) is 4.90 Å². The molecule has 4 N–H and O–H groups in total. The third-order valence-corrected chi connectivity index (χ3v) is 8.23. The summed E-state index contributed by atoms with van der Waals surface area (Å²) in [4.78, 5) is 9.01. The first-order valence-electron chi connectivity index (χ1n) is 17.4. The minimum Gasteiger partial charge on any atom is -0.496 e. The summed E-state index contributed by atoms with van der Waals surface area (Å²) in [5, 5.41) is 21.1. The minimum atomic E-state index is 0.115. The quantitative estimate of drug-likeness (QED) is 0.0897. The fourth-order valence-electron chi connectivity index (χ4n) is 6.00. The van der Waals surface area contributed by atoms with Crippen molar-refractivity contribution in [2.75, 3.05) is 60.8 Å². The zero-order valence-corrected chi connectivity index (χ0v) is 30.3. The molecule has 0 unspecified atom stereocenters. The summed E-state index contributed by atoms with van der Waals surface area (Å²) >= 11 is 0. The van der Waals surface area contributed by atoms with E-state index < -0.39 is 0 Å². The molecule has 0 radical (unpaired) electrons. The predicted octanol–water partition coefficient (Wildman–Crippen LogP) is 8.44. The maximum atomic E-state index is 9.43. The van der Waals surface area contributed by atoms with Crippen LogP contribution in [0.25, 0.3) is 43.6 Å². The second-order valence-electron chi connectivity index (χ2n) is 11.2. The van der Waals surface area contributed by atoms with E-state index in [2.05, 4.69) is 51.3 Å². The summed E-state index contributed by atoms with van der Waals surface area (Å²) < 4.78 is 22.7. The van der Waals surface area contributed by atoms with Gasteiger partial charge in [0.1, 0.15) is 18.1 Å². The van der Waals surface area contributed by atoms with Crippen LogP contribution in [0.4, 0.5) is 0 Å². The van der Waals surface area contributed by atoms with Crippen LogP contribution < -0.4 is 18.9 Å². The van der Waals surface area contributed by atoms with Gasteiger partial charge in [0, 0.05) is 59.3 Å². The predicted molar refractivity (Wildman–Crippen MR) is 210 cm³/mol. The van der Waals surface area contributed by atoms with Crippen molar-refractivity contribution in [1.29, 1.82) is 0 Å². The van der Waals surface area contributed by atoms with Gasteiger partial charge in [-0.2, -0.15) is 0 Å². The summed E-state index contributed by atoms with van der Waals surface area (Å²) in [6.45, 7) is 7.39. The summed E-state index contributed by atoms with van der Waals surface area (Å²) in [5.41, 5.74) is 4.47. The fourth-order valence-corrected chi connectivity index (χ4v) is 6.00. The van der Waals surface area contributed by atoms with Crippen molar-refractivity contribution in [3.05, 3.63) is 109 Å². The molecular formula is C42H51N3O6. The molecule has 0 amide bonds. The zero-order valence-electron chi connectivity index (χ0n) is 30.3. The Kier molecular flexibility index (Phi) is 15.5. The Morgan fingerprint density at radius 1 is 0.510 bits per heavy atom. The number of rotatable bonds is 13. The Morgan fingerprint density at radius 2 is 0.980 bits per heavy atom. The van der Waals surface area contributed by atoms with Gasteiger partial charge in [0.2, 0.25) is 0 Å². The van der Waals surface area contributed by atoms with Crippen LogP contribution in [0.5, 0.6) is 23.0 Å². The number of benzene rings is 5. The number of nitrogens with zero attached hydrogens (tertiary/aromatic N) is 1. The van der Waals surface area contributed by atoms with Crippen molar-refractivity contribution in [1.82, 2.24) is 14.9 Å². The van der Waals surface area contributed by atoms with Crippen LogP contribution in [0, 0.1) is 0 Å². The van der Waals surface area contributed by atoms with E-state index in [9.17, 15) is 5.11 Å². The molecule has 51 heavy (non-hydrogen) atoms. The smallest absolute Gasteiger partial charge is 0.161 e. The normalized spacial score (nSPS) is 10.6. The van der Waals surface area contributed by atoms with Crippen molar-refractivity contribution in [3.63, 3.8) is 0 Å². The number of para-hydroxylation sites is 4. The molecule has 9 nitrogen and oxygen atoms in total. The first-order chi connectivity index (χ1) is 25.2. The van der Waals surface area contributed by atoms with Gasteiger partial charge in [-0.05, 0) is 55.0 Å². The highest BCUT2D eigenvalue weighted by Gasteiger charge is 2.11. The summed E-state index contributed by atoms with van der Waals surface area (Å²) in [6.07, 6.45) is 0.855. The lowest BCUT2D eigenvalue weighted by molar-refractivity contribution is 0.158. The number of aliphatic hydroxyl groups is 2. The van der Waals surface area contributed by atoms with E-state index in [-0.39, 0.29) is 6.61 Å². The molecule has 270 valence electrons. The van der Waals surface area contributed by atoms with Gasteiger partial charge in [0.25, 0.3) is 0 Å². The van der Waals surface area contributed by atoms with E-state index in [0.717, 1.165) is 82.5 Å². The van der Waals surface area contributed by atoms with E-state index in [1.807, 2.05) is 86.6 Å². The molecule has 7 aromatic rings. The van der Waals surface area contributed by atoms with E-state index in [0.29, 0.717) is 19.8 Å². The maximum Gasteiger partial charge on any atom is 0.161 e. The van der Waals surface area contributed by atoms with Crippen LogP contribution in [0.2, 0.25) is 0 Å². The molecule has 2 heterocycles. The standard InChI is InChI=1S/C26H30N2O4.C13H11NO.C2H6.CH4O/c1-30-23-11-4-5-12-24(23)32-19-16-28(15-17-29)14-7-18-31-25-13-6-10-22-26(25)20-8-2-3-9-21(20)27-22;1-15-12-8-4-7-11-13(12)9-5-2-3-6-10(9)14-11;2*1-2/h2-6,8-13,27,29H,7,14-19H2,1H3;2-8,14H,1H3;1-2H3;2H,1H3. The molecule has 5 aromatic carbocycles. The molecule has 0 atom stereocenters. The van der Waals surface area contributed by atoms with Gasteiger partial charge in [-0.15, -0.1) is 0 Å². The number of ether oxygens (including phenoxy) is 4. The molecule has 0 fully saturated rings. The van der Waals surface area contributed by atoms with Gasteiger partial charge in [0.05, 0.1) is 38.5 Å². The van der Waals surface area contributed by atoms with Crippen molar-refractivity contribution < 1.29 is 29.2 Å². The Bertz CT molecular complexity index is 2050. The minimum absolute atomic E-state index is 0.115. The second kappa shape index (κ2) is 20.5. The molecule has 0 spiro atoms. The van der Waals surface area contributed by atoms with E-state index in [1.165, 1.54) is 10.8 Å². The number of fused-ring (bicyclic) bond motifs is 6. The monoisotopic (exact) mass is 693 g/mol. The van der Waals surface area contributed by atoms with Crippen LogP contribution in [0.1, 0.15) is 20.3 Å².